The van der Waals surface area contributed by atoms with Crippen molar-refractivity contribution >= 4 is 11.3 Å². The second kappa shape index (κ2) is 7.87. The van der Waals surface area contributed by atoms with Crippen LogP contribution in [0.3, 0.4) is 0 Å². The first kappa shape index (κ1) is 15.6. The van der Waals surface area contributed by atoms with Gasteiger partial charge in [0.05, 0.1) is 5.69 Å². The van der Waals surface area contributed by atoms with Crippen molar-refractivity contribution in [2.24, 2.45) is 5.92 Å². The number of thiazole rings is 1. The summed E-state index contributed by atoms with van der Waals surface area (Å²) in [4.78, 5) is 7.19. The molecule has 1 rings (SSSR count). The van der Waals surface area contributed by atoms with Crippen LogP contribution in [0.15, 0.2) is 5.38 Å². The highest BCUT2D eigenvalue weighted by Gasteiger charge is 2.13. The van der Waals surface area contributed by atoms with Crippen LogP contribution in [0.25, 0.3) is 0 Å². The highest BCUT2D eigenvalue weighted by molar-refractivity contribution is 7.09. The molecule has 3 nitrogen and oxygen atoms in total. The molecule has 1 aromatic rings. The monoisotopic (exact) mass is 269 g/mol. The summed E-state index contributed by atoms with van der Waals surface area (Å²) < 4.78 is 0. The Labute approximate surface area is 116 Å². The lowest BCUT2D eigenvalue weighted by molar-refractivity contribution is 0.187. The van der Waals surface area contributed by atoms with Gasteiger partial charge in [0.25, 0.3) is 0 Å². The summed E-state index contributed by atoms with van der Waals surface area (Å²) >= 11 is 1.76. The van der Waals surface area contributed by atoms with Crippen LogP contribution in [0.5, 0.6) is 0 Å². The lowest BCUT2D eigenvalue weighted by Crippen LogP contribution is -2.33. The van der Waals surface area contributed by atoms with Crippen LogP contribution in [0.4, 0.5) is 0 Å². The molecule has 0 saturated carbocycles. The van der Waals surface area contributed by atoms with Gasteiger partial charge in [0.1, 0.15) is 5.01 Å². The Morgan fingerprint density at radius 2 is 2.06 bits per heavy atom. The van der Waals surface area contributed by atoms with Gasteiger partial charge in [0.2, 0.25) is 0 Å². The molecule has 1 heterocycles. The number of nitrogens with one attached hydrogen (secondary N) is 1. The minimum absolute atomic E-state index is 0.575. The highest BCUT2D eigenvalue weighted by Crippen LogP contribution is 2.14. The van der Waals surface area contributed by atoms with Crippen molar-refractivity contribution in [2.75, 3.05) is 13.1 Å². The smallest absolute Gasteiger partial charge is 0.107 e. The van der Waals surface area contributed by atoms with Gasteiger partial charge in [-0.1, -0.05) is 20.8 Å². The van der Waals surface area contributed by atoms with E-state index in [0.717, 1.165) is 26.2 Å². The van der Waals surface area contributed by atoms with Gasteiger partial charge in [-0.15, -0.1) is 11.3 Å². The predicted octanol–water partition coefficient (Wildman–Crippen LogP) is 3.12. The van der Waals surface area contributed by atoms with Crippen LogP contribution in [0.2, 0.25) is 0 Å². The lowest BCUT2D eigenvalue weighted by atomic mass is 10.1. The van der Waals surface area contributed by atoms with Gasteiger partial charge in [-0.25, -0.2) is 4.98 Å². The van der Waals surface area contributed by atoms with E-state index in [4.69, 9.17) is 4.98 Å². The molecule has 104 valence electrons. The number of rotatable bonds is 8. The van der Waals surface area contributed by atoms with E-state index in [9.17, 15) is 0 Å². The van der Waals surface area contributed by atoms with Crippen molar-refractivity contribution in [1.82, 2.24) is 15.2 Å². The number of hydrogen-bond acceptors (Lipinski definition) is 4. The molecule has 0 fully saturated rings. The Morgan fingerprint density at radius 3 is 2.61 bits per heavy atom. The minimum atomic E-state index is 0.575. The van der Waals surface area contributed by atoms with Crippen molar-refractivity contribution in [3.05, 3.63) is 16.1 Å². The molecule has 4 heteroatoms. The molecule has 0 atom stereocenters. The molecular formula is C14H27N3S. The first-order valence-corrected chi connectivity index (χ1v) is 7.78. The summed E-state index contributed by atoms with van der Waals surface area (Å²) in [6.45, 7) is 15.2. The first-order chi connectivity index (χ1) is 8.52. The fraction of sp³-hybridized carbons (Fsp3) is 0.786. The van der Waals surface area contributed by atoms with Crippen LogP contribution in [-0.2, 0) is 13.1 Å². The largest absolute Gasteiger partial charge is 0.311 e. The van der Waals surface area contributed by atoms with Crippen molar-refractivity contribution in [1.29, 1.82) is 0 Å². The normalized spacial score (nSPS) is 12.0. The van der Waals surface area contributed by atoms with Crippen LogP contribution >= 0.6 is 11.3 Å². The van der Waals surface area contributed by atoms with E-state index in [-0.39, 0.29) is 0 Å². The third-order valence-electron chi connectivity index (χ3n) is 2.82. The molecular weight excluding hydrogens is 242 g/mol. The van der Waals surface area contributed by atoms with Crippen molar-refractivity contribution in [2.45, 2.75) is 53.8 Å². The maximum atomic E-state index is 4.69. The van der Waals surface area contributed by atoms with Gasteiger partial charge in [-0.2, -0.15) is 0 Å². The maximum absolute atomic E-state index is 4.69. The summed E-state index contributed by atoms with van der Waals surface area (Å²) in [6, 6.07) is 0.575. The molecule has 0 aliphatic heterocycles. The van der Waals surface area contributed by atoms with Gasteiger partial charge in [-0.3, -0.25) is 4.90 Å². The highest BCUT2D eigenvalue weighted by atomic mass is 32.1. The van der Waals surface area contributed by atoms with Crippen LogP contribution < -0.4 is 5.32 Å². The Kier molecular flexibility index (Phi) is 6.82. The second-order valence-electron chi connectivity index (χ2n) is 5.43. The van der Waals surface area contributed by atoms with Gasteiger partial charge in [0.15, 0.2) is 0 Å². The quantitative estimate of drug-likeness (QED) is 0.786. The van der Waals surface area contributed by atoms with E-state index < -0.39 is 0 Å². The zero-order valence-corrected chi connectivity index (χ0v) is 13.2. The summed E-state index contributed by atoms with van der Waals surface area (Å²) in [6.07, 6.45) is 0. The second-order valence-corrected chi connectivity index (χ2v) is 6.37. The molecule has 1 aromatic heterocycles. The fourth-order valence-electron chi connectivity index (χ4n) is 1.87. The van der Waals surface area contributed by atoms with Gasteiger partial charge >= 0.3 is 0 Å². The zero-order chi connectivity index (χ0) is 13.5. The molecule has 18 heavy (non-hydrogen) atoms. The average molecular weight is 269 g/mol. The number of aromatic nitrogens is 1. The topological polar surface area (TPSA) is 28.2 Å². The Hall–Kier alpha value is -0.450. The van der Waals surface area contributed by atoms with E-state index in [0.29, 0.717) is 12.0 Å². The molecule has 0 aliphatic carbocycles. The lowest BCUT2D eigenvalue weighted by Gasteiger charge is -2.27. The third-order valence-corrected chi connectivity index (χ3v) is 3.72. The summed E-state index contributed by atoms with van der Waals surface area (Å²) in [5.74, 6) is 0.701. The van der Waals surface area contributed by atoms with Crippen LogP contribution in [-0.4, -0.2) is 29.0 Å². The van der Waals surface area contributed by atoms with E-state index >= 15 is 0 Å². The van der Waals surface area contributed by atoms with Crippen molar-refractivity contribution in [3.8, 4) is 0 Å². The SMILES string of the molecule is CCNCc1nc(CN(CC(C)C)C(C)C)cs1. The summed E-state index contributed by atoms with van der Waals surface area (Å²) in [7, 11) is 0. The van der Waals surface area contributed by atoms with Crippen LogP contribution in [0.1, 0.15) is 45.3 Å². The van der Waals surface area contributed by atoms with Crippen LogP contribution in [0, 0.1) is 5.92 Å². The number of hydrogen-bond donors (Lipinski definition) is 1. The summed E-state index contributed by atoms with van der Waals surface area (Å²) in [5.41, 5.74) is 1.21. The molecule has 0 unspecified atom stereocenters. The first-order valence-electron chi connectivity index (χ1n) is 6.91. The molecule has 0 radical (unpaired) electrons. The van der Waals surface area contributed by atoms with Gasteiger partial charge < -0.3 is 5.32 Å². The van der Waals surface area contributed by atoms with Crippen molar-refractivity contribution < 1.29 is 0 Å². The predicted molar refractivity (Wildman–Crippen MR) is 79.9 cm³/mol. The number of nitrogens with zero attached hydrogens (tertiary/aromatic N) is 2. The van der Waals surface area contributed by atoms with Gasteiger partial charge in [0, 0.05) is 31.1 Å². The van der Waals surface area contributed by atoms with E-state index in [2.05, 4.69) is 50.2 Å². The minimum Gasteiger partial charge on any atom is -0.311 e. The van der Waals surface area contributed by atoms with Gasteiger partial charge in [-0.05, 0) is 26.3 Å². The van der Waals surface area contributed by atoms with E-state index in [1.807, 2.05) is 0 Å². The maximum Gasteiger partial charge on any atom is 0.107 e. The Bertz CT molecular complexity index is 334. The molecule has 1 N–H and O–H groups in total. The Morgan fingerprint density at radius 1 is 1.33 bits per heavy atom. The molecule has 0 aliphatic rings. The average Bonchev–Trinajstić information content (AvgIpc) is 2.72. The molecule has 0 saturated heterocycles. The zero-order valence-electron chi connectivity index (χ0n) is 12.4. The van der Waals surface area contributed by atoms with Crippen molar-refractivity contribution in [3.63, 3.8) is 0 Å². The third kappa shape index (κ3) is 5.46. The Balaban J connectivity index is 2.55. The molecule has 0 spiro atoms. The van der Waals surface area contributed by atoms with E-state index in [1.165, 1.54) is 10.7 Å². The molecule has 0 amide bonds. The summed E-state index contributed by atoms with van der Waals surface area (Å²) in [5, 5.41) is 6.71. The molecule has 0 aromatic carbocycles. The van der Waals surface area contributed by atoms with E-state index in [1.54, 1.807) is 11.3 Å². The fourth-order valence-corrected chi connectivity index (χ4v) is 2.62. The molecule has 0 bridgehead atoms. The standard InChI is InChI=1S/C14H27N3S/c1-6-15-7-14-16-13(10-18-14)9-17(12(4)5)8-11(2)3/h10-12,15H,6-9H2,1-5H3.